The van der Waals surface area contributed by atoms with Gasteiger partial charge in [0.15, 0.2) is 0 Å². The summed E-state index contributed by atoms with van der Waals surface area (Å²) in [5, 5.41) is 0. The molecule has 1 saturated carbocycles. The van der Waals surface area contributed by atoms with E-state index in [9.17, 15) is 0 Å². The van der Waals surface area contributed by atoms with Gasteiger partial charge in [0.1, 0.15) is 0 Å². The molecular weight excluding hydrogens is 170 g/mol. The van der Waals surface area contributed by atoms with Crippen molar-refractivity contribution in [1.82, 2.24) is 0 Å². The van der Waals surface area contributed by atoms with Gasteiger partial charge in [-0.15, -0.1) is 0 Å². The molecule has 1 aromatic rings. The van der Waals surface area contributed by atoms with Crippen molar-refractivity contribution in [2.75, 3.05) is 6.54 Å². The van der Waals surface area contributed by atoms with Gasteiger partial charge in [-0.3, -0.25) is 0 Å². The molecule has 1 aliphatic carbocycles. The first-order chi connectivity index (χ1) is 6.92. The lowest BCUT2D eigenvalue weighted by molar-refractivity contribution is 0.314. The van der Waals surface area contributed by atoms with Crippen LogP contribution in [0.15, 0.2) is 30.3 Å². The monoisotopic (exact) mass is 189 g/mol. The third-order valence-electron chi connectivity index (χ3n) is 3.44. The predicted octanol–water partition coefficient (Wildman–Crippen LogP) is 2.92. The summed E-state index contributed by atoms with van der Waals surface area (Å²) < 4.78 is 0. The second-order valence-electron chi connectivity index (χ2n) is 4.30. The van der Waals surface area contributed by atoms with Crippen LogP contribution in [0.25, 0.3) is 0 Å². The van der Waals surface area contributed by atoms with Gasteiger partial charge in [-0.1, -0.05) is 43.2 Å². The van der Waals surface area contributed by atoms with Crippen molar-refractivity contribution < 1.29 is 0 Å². The molecule has 76 valence electrons. The molecule has 0 radical (unpaired) electrons. The molecule has 1 aromatic carbocycles. The van der Waals surface area contributed by atoms with Gasteiger partial charge in [0.25, 0.3) is 0 Å². The molecular formula is C13H19N. The van der Waals surface area contributed by atoms with Crippen LogP contribution in [-0.2, 0) is 0 Å². The fourth-order valence-corrected chi connectivity index (χ4v) is 2.63. The predicted molar refractivity (Wildman–Crippen MR) is 60.2 cm³/mol. The Morgan fingerprint density at radius 1 is 1.07 bits per heavy atom. The standard InChI is InChI=1S/C13H19N/c14-10-12-8-4-5-9-13(12)11-6-2-1-3-7-11/h1-3,6-7,12-13H,4-5,8-10,14H2/t12-,13+/m0/s1. The van der Waals surface area contributed by atoms with E-state index in [-0.39, 0.29) is 0 Å². The highest BCUT2D eigenvalue weighted by molar-refractivity contribution is 5.20. The fourth-order valence-electron chi connectivity index (χ4n) is 2.63. The molecule has 1 heteroatoms. The maximum absolute atomic E-state index is 5.83. The van der Waals surface area contributed by atoms with Crippen molar-refractivity contribution in [3.8, 4) is 0 Å². The Morgan fingerprint density at radius 2 is 1.79 bits per heavy atom. The van der Waals surface area contributed by atoms with Crippen LogP contribution in [-0.4, -0.2) is 6.54 Å². The van der Waals surface area contributed by atoms with E-state index in [0.29, 0.717) is 5.92 Å². The van der Waals surface area contributed by atoms with Gasteiger partial charge >= 0.3 is 0 Å². The average Bonchev–Trinajstić information content (AvgIpc) is 2.30. The summed E-state index contributed by atoms with van der Waals surface area (Å²) in [6.07, 6.45) is 5.38. The van der Waals surface area contributed by atoms with E-state index < -0.39 is 0 Å². The van der Waals surface area contributed by atoms with E-state index in [1.165, 1.54) is 31.2 Å². The van der Waals surface area contributed by atoms with Crippen LogP contribution in [0, 0.1) is 5.92 Å². The van der Waals surface area contributed by atoms with Crippen LogP contribution < -0.4 is 5.73 Å². The number of hydrogen-bond acceptors (Lipinski definition) is 1. The highest BCUT2D eigenvalue weighted by atomic mass is 14.6. The highest BCUT2D eigenvalue weighted by Crippen LogP contribution is 2.36. The van der Waals surface area contributed by atoms with Crippen molar-refractivity contribution in [3.63, 3.8) is 0 Å². The minimum absolute atomic E-state index is 0.714. The first-order valence-corrected chi connectivity index (χ1v) is 5.67. The average molecular weight is 189 g/mol. The topological polar surface area (TPSA) is 26.0 Å². The van der Waals surface area contributed by atoms with Crippen LogP contribution in [0.4, 0.5) is 0 Å². The van der Waals surface area contributed by atoms with Gasteiger partial charge in [-0.25, -0.2) is 0 Å². The molecule has 1 nitrogen and oxygen atoms in total. The number of nitrogens with two attached hydrogens (primary N) is 1. The van der Waals surface area contributed by atoms with Crippen molar-refractivity contribution in [3.05, 3.63) is 35.9 Å². The van der Waals surface area contributed by atoms with E-state index >= 15 is 0 Å². The van der Waals surface area contributed by atoms with Gasteiger partial charge in [-0.2, -0.15) is 0 Å². The molecule has 0 spiro atoms. The first-order valence-electron chi connectivity index (χ1n) is 5.67. The molecule has 1 fully saturated rings. The molecule has 0 aliphatic heterocycles. The van der Waals surface area contributed by atoms with Crippen LogP contribution in [0.3, 0.4) is 0 Å². The summed E-state index contributed by atoms with van der Waals surface area (Å²) in [4.78, 5) is 0. The number of benzene rings is 1. The summed E-state index contributed by atoms with van der Waals surface area (Å²) >= 11 is 0. The summed E-state index contributed by atoms with van der Waals surface area (Å²) in [6, 6.07) is 10.9. The Morgan fingerprint density at radius 3 is 2.50 bits per heavy atom. The van der Waals surface area contributed by atoms with Gasteiger partial charge in [-0.05, 0) is 36.8 Å². The van der Waals surface area contributed by atoms with Crippen LogP contribution >= 0.6 is 0 Å². The van der Waals surface area contributed by atoms with Crippen molar-refractivity contribution in [2.24, 2.45) is 11.7 Å². The quantitative estimate of drug-likeness (QED) is 0.760. The van der Waals surface area contributed by atoms with E-state index in [4.69, 9.17) is 5.73 Å². The van der Waals surface area contributed by atoms with E-state index in [1.807, 2.05) is 0 Å². The Labute approximate surface area is 86.3 Å². The maximum atomic E-state index is 5.83. The third kappa shape index (κ3) is 1.98. The SMILES string of the molecule is NC[C@@H]1CCCC[C@@H]1c1ccccc1. The molecule has 2 atom stereocenters. The third-order valence-corrected chi connectivity index (χ3v) is 3.44. The molecule has 14 heavy (non-hydrogen) atoms. The molecule has 0 amide bonds. The summed E-state index contributed by atoms with van der Waals surface area (Å²) in [7, 11) is 0. The second-order valence-corrected chi connectivity index (χ2v) is 4.30. The lowest BCUT2D eigenvalue weighted by Crippen LogP contribution is -2.25. The summed E-state index contributed by atoms with van der Waals surface area (Å²) in [5.41, 5.74) is 7.32. The fraction of sp³-hybridized carbons (Fsp3) is 0.538. The Balaban J connectivity index is 2.15. The lowest BCUT2D eigenvalue weighted by atomic mass is 9.75. The van der Waals surface area contributed by atoms with Crippen LogP contribution in [0.2, 0.25) is 0 Å². The number of rotatable bonds is 2. The zero-order valence-electron chi connectivity index (χ0n) is 8.65. The first kappa shape index (κ1) is 9.72. The molecule has 0 heterocycles. The molecule has 0 saturated heterocycles. The summed E-state index contributed by atoms with van der Waals surface area (Å²) in [6.45, 7) is 0.847. The van der Waals surface area contributed by atoms with Gasteiger partial charge < -0.3 is 5.73 Å². The van der Waals surface area contributed by atoms with Crippen LogP contribution in [0.5, 0.6) is 0 Å². The van der Waals surface area contributed by atoms with Gasteiger partial charge in [0, 0.05) is 0 Å². The Kier molecular flexibility index (Phi) is 3.20. The second kappa shape index (κ2) is 4.61. The Bertz CT molecular complexity index is 268. The normalized spacial score (nSPS) is 27.5. The van der Waals surface area contributed by atoms with E-state index in [2.05, 4.69) is 30.3 Å². The smallest absolute Gasteiger partial charge is 0.00430 e. The van der Waals surface area contributed by atoms with Gasteiger partial charge in [0.05, 0.1) is 0 Å². The molecule has 0 unspecified atom stereocenters. The van der Waals surface area contributed by atoms with Crippen LogP contribution in [0.1, 0.15) is 37.2 Å². The van der Waals surface area contributed by atoms with Gasteiger partial charge in [0.2, 0.25) is 0 Å². The summed E-state index contributed by atoms with van der Waals surface area (Å²) in [5.74, 6) is 1.43. The largest absolute Gasteiger partial charge is 0.330 e. The zero-order chi connectivity index (χ0) is 9.80. The lowest BCUT2D eigenvalue weighted by Gasteiger charge is -2.30. The van der Waals surface area contributed by atoms with E-state index in [1.54, 1.807) is 0 Å². The highest BCUT2D eigenvalue weighted by Gasteiger charge is 2.24. The molecule has 0 bridgehead atoms. The maximum Gasteiger partial charge on any atom is -0.00430 e. The molecule has 0 aromatic heterocycles. The minimum Gasteiger partial charge on any atom is -0.330 e. The number of hydrogen-bond donors (Lipinski definition) is 1. The Hall–Kier alpha value is -0.820. The van der Waals surface area contributed by atoms with Crippen molar-refractivity contribution in [2.45, 2.75) is 31.6 Å². The van der Waals surface area contributed by atoms with Crippen molar-refractivity contribution in [1.29, 1.82) is 0 Å². The molecule has 1 aliphatic rings. The zero-order valence-corrected chi connectivity index (χ0v) is 8.65. The van der Waals surface area contributed by atoms with E-state index in [0.717, 1.165) is 12.5 Å². The molecule has 2 N–H and O–H groups in total. The van der Waals surface area contributed by atoms with Crippen molar-refractivity contribution >= 4 is 0 Å². The molecule has 2 rings (SSSR count). The minimum atomic E-state index is 0.714.